The SMILES string of the molecule is Nc1c(C(=O)NCc2ccccc2Cl)n[nH]c1C1CC1. The van der Waals surface area contributed by atoms with Gasteiger partial charge in [0.25, 0.3) is 5.91 Å². The molecular formula is C14H15ClN4O. The number of nitrogens with two attached hydrogens (primary N) is 1. The molecule has 1 aromatic carbocycles. The van der Waals surface area contributed by atoms with Crippen molar-refractivity contribution >= 4 is 23.2 Å². The van der Waals surface area contributed by atoms with E-state index in [4.69, 9.17) is 17.3 Å². The van der Waals surface area contributed by atoms with Crippen molar-refractivity contribution < 1.29 is 4.79 Å². The van der Waals surface area contributed by atoms with Crippen LogP contribution in [0.1, 0.15) is 40.5 Å². The molecule has 3 rings (SSSR count). The number of nitrogen functional groups attached to an aromatic ring is 1. The lowest BCUT2D eigenvalue weighted by molar-refractivity contribution is 0.0947. The summed E-state index contributed by atoms with van der Waals surface area (Å²) in [5, 5.41) is 10.3. The molecule has 20 heavy (non-hydrogen) atoms. The number of benzene rings is 1. The van der Waals surface area contributed by atoms with Gasteiger partial charge in [-0.1, -0.05) is 29.8 Å². The molecule has 1 fully saturated rings. The van der Waals surface area contributed by atoms with E-state index in [1.54, 1.807) is 6.07 Å². The minimum absolute atomic E-state index is 0.263. The Morgan fingerprint density at radius 3 is 2.90 bits per heavy atom. The molecule has 1 amide bonds. The molecule has 5 nitrogen and oxygen atoms in total. The molecule has 2 aromatic rings. The number of aromatic nitrogens is 2. The Bertz CT molecular complexity index is 648. The quantitative estimate of drug-likeness (QED) is 0.809. The van der Waals surface area contributed by atoms with Crippen LogP contribution in [0.5, 0.6) is 0 Å². The van der Waals surface area contributed by atoms with Crippen molar-refractivity contribution in [1.82, 2.24) is 15.5 Å². The van der Waals surface area contributed by atoms with E-state index in [-0.39, 0.29) is 11.6 Å². The Labute approximate surface area is 121 Å². The van der Waals surface area contributed by atoms with Gasteiger partial charge in [0.1, 0.15) is 0 Å². The molecule has 0 radical (unpaired) electrons. The molecule has 4 N–H and O–H groups in total. The summed E-state index contributed by atoms with van der Waals surface area (Å²) >= 11 is 6.04. The van der Waals surface area contributed by atoms with E-state index in [1.165, 1.54) is 0 Å². The molecule has 0 bridgehead atoms. The van der Waals surface area contributed by atoms with E-state index >= 15 is 0 Å². The number of hydrogen-bond acceptors (Lipinski definition) is 3. The Hall–Kier alpha value is -2.01. The summed E-state index contributed by atoms with van der Waals surface area (Å²) in [6, 6.07) is 7.38. The van der Waals surface area contributed by atoms with E-state index in [2.05, 4.69) is 15.5 Å². The van der Waals surface area contributed by atoms with Crippen LogP contribution in [0.4, 0.5) is 5.69 Å². The Balaban J connectivity index is 1.69. The zero-order valence-electron chi connectivity index (χ0n) is 10.8. The van der Waals surface area contributed by atoms with Gasteiger partial charge in [0.15, 0.2) is 5.69 Å². The first-order valence-electron chi connectivity index (χ1n) is 6.52. The monoisotopic (exact) mass is 290 g/mol. The van der Waals surface area contributed by atoms with E-state index in [1.807, 2.05) is 18.2 Å². The van der Waals surface area contributed by atoms with Crippen LogP contribution in [-0.2, 0) is 6.54 Å². The number of hydrogen-bond donors (Lipinski definition) is 3. The molecule has 0 aliphatic heterocycles. The highest BCUT2D eigenvalue weighted by molar-refractivity contribution is 6.31. The summed E-state index contributed by atoms with van der Waals surface area (Å²) in [4.78, 5) is 12.1. The van der Waals surface area contributed by atoms with E-state index in [0.29, 0.717) is 23.2 Å². The van der Waals surface area contributed by atoms with Gasteiger partial charge < -0.3 is 11.1 Å². The summed E-state index contributed by atoms with van der Waals surface area (Å²) in [5.74, 6) is 0.151. The Kier molecular flexibility index (Phi) is 3.36. The average Bonchev–Trinajstić information content (AvgIpc) is 3.21. The normalized spacial score (nSPS) is 14.2. The molecule has 1 aliphatic rings. The first-order valence-corrected chi connectivity index (χ1v) is 6.90. The number of aromatic amines is 1. The van der Waals surface area contributed by atoms with Crippen LogP contribution < -0.4 is 11.1 Å². The molecule has 1 heterocycles. The highest BCUT2D eigenvalue weighted by Gasteiger charge is 2.30. The summed E-state index contributed by atoms with van der Waals surface area (Å²) in [6.07, 6.45) is 2.21. The van der Waals surface area contributed by atoms with Crippen LogP contribution in [0.2, 0.25) is 5.02 Å². The number of nitrogens with one attached hydrogen (secondary N) is 2. The smallest absolute Gasteiger partial charge is 0.274 e. The van der Waals surface area contributed by atoms with E-state index in [9.17, 15) is 4.79 Å². The maximum atomic E-state index is 12.1. The fourth-order valence-electron chi connectivity index (χ4n) is 2.12. The van der Waals surface area contributed by atoms with Gasteiger partial charge in [-0.05, 0) is 24.5 Å². The molecule has 6 heteroatoms. The van der Waals surface area contributed by atoms with Crippen molar-refractivity contribution in [3.05, 3.63) is 46.2 Å². The first kappa shape index (κ1) is 13.0. The number of nitrogens with zero attached hydrogens (tertiary/aromatic N) is 1. The highest BCUT2D eigenvalue weighted by atomic mass is 35.5. The first-order chi connectivity index (χ1) is 9.66. The molecule has 0 spiro atoms. The number of carbonyl (C=O) groups is 1. The van der Waals surface area contributed by atoms with Gasteiger partial charge in [-0.15, -0.1) is 0 Å². The maximum Gasteiger partial charge on any atom is 0.274 e. The van der Waals surface area contributed by atoms with Gasteiger partial charge in [-0.3, -0.25) is 9.89 Å². The van der Waals surface area contributed by atoms with Gasteiger partial charge in [0.05, 0.1) is 11.4 Å². The highest BCUT2D eigenvalue weighted by Crippen LogP contribution is 2.42. The number of anilines is 1. The predicted molar refractivity (Wildman–Crippen MR) is 77.6 cm³/mol. The van der Waals surface area contributed by atoms with Gasteiger partial charge in [-0.2, -0.15) is 5.10 Å². The number of rotatable bonds is 4. The number of halogens is 1. The van der Waals surface area contributed by atoms with Crippen molar-refractivity contribution in [3.8, 4) is 0 Å². The van der Waals surface area contributed by atoms with Crippen LogP contribution >= 0.6 is 11.6 Å². The fourth-order valence-corrected chi connectivity index (χ4v) is 2.32. The van der Waals surface area contributed by atoms with Crippen LogP contribution in [-0.4, -0.2) is 16.1 Å². The molecule has 0 atom stereocenters. The van der Waals surface area contributed by atoms with E-state index < -0.39 is 0 Å². The molecule has 1 aliphatic carbocycles. The lowest BCUT2D eigenvalue weighted by Gasteiger charge is -2.06. The van der Waals surface area contributed by atoms with Crippen LogP contribution in [0.3, 0.4) is 0 Å². The van der Waals surface area contributed by atoms with Crippen molar-refractivity contribution in [2.24, 2.45) is 0 Å². The van der Waals surface area contributed by atoms with Crippen molar-refractivity contribution in [1.29, 1.82) is 0 Å². The largest absolute Gasteiger partial charge is 0.395 e. The Morgan fingerprint density at radius 2 is 2.20 bits per heavy atom. The summed E-state index contributed by atoms with van der Waals surface area (Å²) < 4.78 is 0. The molecule has 1 saturated carbocycles. The number of H-pyrrole nitrogens is 1. The van der Waals surface area contributed by atoms with Crippen molar-refractivity contribution in [2.45, 2.75) is 25.3 Å². The van der Waals surface area contributed by atoms with E-state index in [0.717, 1.165) is 24.1 Å². The molecule has 104 valence electrons. The standard InChI is InChI=1S/C14H15ClN4O/c15-10-4-2-1-3-9(10)7-17-14(20)13-11(16)12(18-19-13)8-5-6-8/h1-4,8H,5-7,16H2,(H,17,20)(H,18,19). The van der Waals surface area contributed by atoms with Crippen LogP contribution in [0.25, 0.3) is 0 Å². The van der Waals surface area contributed by atoms with Gasteiger partial charge in [0, 0.05) is 17.5 Å². The number of amides is 1. The molecule has 0 saturated heterocycles. The summed E-state index contributed by atoms with van der Waals surface area (Å²) in [6.45, 7) is 0.351. The second-order valence-corrected chi connectivity index (χ2v) is 5.36. The zero-order chi connectivity index (χ0) is 14.1. The fraction of sp³-hybridized carbons (Fsp3) is 0.286. The number of carbonyl (C=O) groups excluding carboxylic acids is 1. The minimum atomic E-state index is -0.287. The third-order valence-electron chi connectivity index (χ3n) is 3.43. The van der Waals surface area contributed by atoms with Crippen molar-refractivity contribution in [2.75, 3.05) is 5.73 Å². The molecular weight excluding hydrogens is 276 g/mol. The zero-order valence-corrected chi connectivity index (χ0v) is 11.6. The third-order valence-corrected chi connectivity index (χ3v) is 3.80. The van der Waals surface area contributed by atoms with Gasteiger partial charge >= 0.3 is 0 Å². The summed E-state index contributed by atoms with van der Waals surface area (Å²) in [7, 11) is 0. The molecule has 1 aromatic heterocycles. The van der Waals surface area contributed by atoms with Gasteiger partial charge in [-0.25, -0.2) is 0 Å². The topological polar surface area (TPSA) is 83.8 Å². The molecule has 0 unspecified atom stereocenters. The van der Waals surface area contributed by atoms with Crippen LogP contribution in [0, 0.1) is 0 Å². The average molecular weight is 291 g/mol. The lowest BCUT2D eigenvalue weighted by atomic mass is 10.2. The Morgan fingerprint density at radius 1 is 1.45 bits per heavy atom. The third kappa shape index (κ3) is 2.49. The minimum Gasteiger partial charge on any atom is -0.395 e. The summed E-state index contributed by atoms with van der Waals surface area (Å²) in [5.41, 5.74) is 8.43. The maximum absolute atomic E-state index is 12.1. The van der Waals surface area contributed by atoms with Crippen LogP contribution in [0.15, 0.2) is 24.3 Å². The van der Waals surface area contributed by atoms with Gasteiger partial charge in [0.2, 0.25) is 0 Å². The van der Waals surface area contributed by atoms with Crippen molar-refractivity contribution in [3.63, 3.8) is 0 Å². The predicted octanol–water partition coefficient (Wildman–Crippen LogP) is 2.45. The second kappa shape index (κ2) is 5.17. The second-order valence-electron chi connectivity index (χ2n) is 4.95. The lowest BCUT2D eigenvalue weighted by Crippen LogP contribution is -2.24.